The second-order valence-electron chi connectivity index (χ2n) is 7.67. The van der Waals surface area contributed by atoms with E-state index in [1.807, 2.05) is 30.5 Å². The largest absolute Gasteiger partial charge is 0.366 e. The van der Waals surface area contributed by atoms with Gasteiger partial charge in [-0.2, -0.15) is 0 Å². The first kappa shape index (κ1) is 18.0. The molecule has 0 bridgehead atoms. The summed E-state index contributed by atoms with van der Waals surface area (Å²) in [5.41, 5.74) is 6.33. The Morgan fingerprint density at radius 2 is 2.04 bits per heavy atom. The topological polar surface area (TPSA) is 15.6 Å². The molecule has 25 heavy (non-hydrogen) atoms. The number of anilines is 1. The number of hydrogen-bond donors (Lipinski definition) is 0. The van der Waals surface area contributed by atoms with Gasteiger partial charge < -0.3 is 4.90 Å². The van der Waals surface area contributed by atoms with Crippen LogP contribution in [0, 0.1) is 6.92 Å². The standard InChI is InChI=1S/C22H27ClN2/c1-6-25-21-10-15(2)17(11-20(21)16(3)13-22(25,4)5)14-24-19-9-7-8-18(23)12-19/h7-12,14,16H,6,13H2,1-5H3. The van der Waals surface area contributed by atoms with E-state index < -0.39 is 0 Å². The van der Waals surface area contributed by atoms with E-state index in [-0.39, 0.29) is 5.54 Å². The van der Waals surface area contributed by atoms with Gasteiger partial charge in [0.15, 0.2) is 0 Å². The fourth-order valence-electron chi connectivity index (χ4n) is 4.09. The van der Waals surface area contributed by atoms with Crippen LogP contribution in [0.4, 0.5) is 11.4 Å². The van der Waals surface area contributed by atoms with E-state index in [9.17, 15) is 0 Å². The predicted molar refractivity (Wildman–Crippen MR) is 110 cm³/mol. The van der Waals surface area contributed by atoms with Crippen LogP contribution in [-0.2, 0) is 0 Å². The lowest BCUT2D eigenvalue weighted by Crippen LogP contribution is -2.48. The maximum absolute atomic E-state index is 6.05. The van der Waals surface area contributed by atoms with Crippen molar-refractivity contribution < 1.29 is 0 Å². The molecule has 0 aliphatic carbocycles. The zero-order valence-electron chi connectivity index (χ0n) is 15.8. The molecular weight excluding hydrogens is 328 g/mol. The summed E-state index contributed by atoms with van der Waals surface area (Å²) < 4.78 is 0. The van der Waals surface area contributed by atoms with Crippen LogP contribution in [-0.4, -0.2) is 18.3 Å². The zero-order valence-corrected chi connectivity index (χ0v) is 16.6. The molecule has 0 fully saturated rings. The molecule has 2 nitrogen and oxygen atoms in total. The molecule has 2 aromatic carbocycles. The summed E-state index contributed by atoms with van der Waals surface area (Å²) in [6.07, 6.45) is 3.13. The van der Waals surface area contributed by atoms with Crippen molar-refractivity contribution >= 4 is 29.2 Å². The molecule has 1 unspecified atom stereocenters. The molecule has 1 aliphatic rings. The SMILES string of the molecule is CCN1c2cc(C)c(C=Nc3cccc(Cl)c3)cc2C(C)CC1(C)C. The van der Waals surface area contributed by atoms with Gasteiger partial charge in [0, 0.05) is 29.0 Å². The van der Waals surface area contributed by atoms with Crippen molar-refractivity contribution in [3.63, 3.8) is 0 Å². The van der Waals surface area contributed by atoms with Gasteiger partial charge in [-0.15, -0.1) is 0 Å². The Morgan fingerprint density at radius 3 is 2.72 bits per heavy atom. The van der Waals surface area contributed by atoms with E-state index in [0.717, 1.165) is 12.2 Å². The molecule has 2 aromatic rings. The Balaban J connectivity index is 2.00. The molecule has 0 amide bonds. The Bertz CT molecular complexity index is 808. The number of halogens is 1. The Kier molecular flexibility index (Phi) is 4.92. The molecule has 132 valence electrons. The van der Waals surface area contributed by atoms with Crippen LogP contribution in [0.1, 0.15) is 56.7 Å². The lowest BCUT2D eigenvalue weighted by molar-refractivity contribution is 0.381. The minimum atomic E-state index is 0.198. The van der Waals surface area contributed by atoms with Crippen molar-refractivity contribution in [2.45, 2.75) is 52.5 Å². The van der Waals surface area contributed by atoms with E-state index in [1.165, 1.54) is 28.8 Å². The van der Waals surface area contributed by atoms with Crippen LogP contribution in [0.15, 0.2) is 41.4 Å². The van der Waals surface area contributed by atoms with Gasteiger partial charge in [0.1, 0.15) is 0 Å². The van der Waals surface area contributed by atoms with Crippen molar-refractivity contribution in [3.05, 3.63) is 58.1 Å². The molecule has 3 heteroatoms. The molecule has 0 spiro atoms. The van der Waals surface area contributed by atoms with Gasteiger partial charge in [-0.05, 0) is 87.1 Å². The number of nitrogens with zero attached hydrogens (tertiary/aromatic N) is 2. The molecule has 0 saturated carbocycles. The normalized spacial score (nSPS) is 19.3. The third kappa shape index (κ3) is 3.59. The molecule has 3 rings (SSSR count). The zero-order chi connectivity index (χ0) is 18.2. The number of fused-ring (bicyclic) bond motifs is 1. The van der Waals surface area contributed by atoms with Crippen molar-refractivity contribution in [2.24, 2.45) is 4.99 Å². The van der Waals surface area contributed by atoms with E-state index in [2.05, 4.69) is 56.6 Å². The smallest absolute Gasteiger partial charge is 0.0644 e. The fraction of sp³-hybridized carbons (Fsp3) is 0.409. The van der Waals surface area contributed by atoms with Crippen LogP contribution in [0.2, 0.25) is 5.02 Å². The molecule has 0 radical (unpaired) electrons. The minimum Gasteiger partial charge on any atom is -0.366 e. The average Bonchev–Trinajstić information content (AvgIpc) is 2.53. The summed E-state index contributed by atoms with van der Waals surface area (Å²) in [6, 6.07) is 12.3. The summed E-state index contributed by atoms with van der Waals surface area (Å²) in [4.78, 5) is 7.15. The van der Waals surface area contributed by atoms with Crippen molar-refractivity contribution in [3.8, 4) is 0 Å². The van der Waals surface area contributed by atoms with Crippen molar-refractivity contribution in [2.75, 3.05) is 11.4 Å². The predicted octanol–water partition coefficient (Wildman–Crippen LogP) is 6.51. The molecule has 1 atom stereocenters. The summed E-state index contributed by atoms with van der Waals surface area (Å²) in [7, 11) is 0. The van der Waals surface area contributed by atoms with Crippen LogP contribution >= 0.6 is 11.6 Å². The Morgan fingerprint density at radius 1 is 1.28 bits per heavy atom. The number of aryl methyl sites for hydroxylation is 1. The van der Waals surface area contributed by atoms with Gasteiger partial charge in [-0.1, -0.05) is 24.6 Å². The summed E-state index contributed by atoms with van der Waals surface area (Å²) >= 11 is 6.05. The summed E-state index contributed by atoms with van der Waals surface area (Å²) in [5, 5.41) is 0.714. The second kappa shape index (κ2) is 6.84. The van der Waals surface area contributed by atoms with E-state index in [1.54, 1.807) is 0 Å². The van der Waals surface area contributed by atoms with E-state index in [4.69, 9.17) is 11.6 Å². The molecule has 0 saturated heterocycles. The van der Waals surface area contributed by atoms with E-state index in [0.29, 0.717) is 10.9 Å². The van der Waals surface area contributed by atoms with Crippen LogP contribution in [0.3, 0.4) is 0 Å². The monoisotopic (exact) mass is 354 g/mol. The molecule has 1 aliphatic heterocycles. The van der Waals surface area contributed by atoms with E-state index >= 15 is 0 Å². The lowest BCUT2D eigenvalue weighted by atomic mass is 9.79. The lowest BCUT2D eigenvalue weighted by Gasteiger charge is -2.47. The van der Waals surface area contributed by atoms with Gasteiger partial charge in [0.05, 0.1) is 5.69 Å². The summed E-state index contributed by atoms with van der Waals surface area (Å²) in [5.74, 6) is 0.548. The maximum atomic E-state index is 6.05. The van der Waals surface area contributed by atoms with Gasteiger partial charge >= 0.3 is 0 Å². The molecule has 0 aromatic heterocycles. The third-order valence-electron chi connectivity index (χ3n) is 5.25. The van der Waals surface area contributed by atoms with Crippen LogP contribution in [0.5, 0.6) is 0 Å². The number of aliphatic imine (C=N–C) groups is 1. The number of hydrogen-bond acceptors (Lipinski definition) is 2. The molecule has 1 heterocycles. The summed E-state index contributed by atoms with van der Waals surface area (Å²) in [6.45, 7) is 12.5. The first-order valence-electron chi connectivity index (χ1n) is 9.03. The second-order valence-corrected chi connectivity index (χ2v) is 8.10. The average molecular weight is 355 g/mol. The highest BCUT2D eigenvalue weighted by molar-refractivity contribution is 6.30. The minimum absolute atomic E-state index is 0.198. The molecular formula is C22H27ClN2. The van der Waals surface area contributed by atoms with Gasteiger partial charge in [0.2, 0.25) is 0 Å². The first-order valence-corrected chi connectivity index (χ1v) is 9.41. The van der Waals surface area contributed by atoms with Gasteiger partial charge in [-0.25, -0.2) is 0 Å². The van der Waals surface area contributed by atoms with Gasteiger partial charge in [0.25, 0.3) is 0 Å². The number of rotatable bonds is 3. The van der Waals surface area contributed by atoms with Crippen molar-refractivity contribution in [1.82, 2.24) is 0 Å². The highest BCUT2D eigenvalue weighted by atomic mass is 35.5. The van der Waals surface area contributed by atoms with Crippen LogP contribution < -0.4 is 4.90 Å². The van der Waals surface area contributed by atoms with Gasteiger partial charge in [-0.3, -0.25) is 4.99 Å². The van der Waals surface area contributed by atoms with Crippen LogP contribution in [0.25, 0.3) is 0 Å². The Hall–Kier alpha value is -1.80. The first-order chi connectivity index (χ1) is 11.8. The molecule has 0 N–H and O–H groups in total. The number of benzene rings is 2. The highest BCUT2D eigenvalue weighted by Gasteiger charge is 2.35. The highest BCUT2D eigenvalue weighted by Crippen LogP contribution is 2.44. The van der Waals surface area contributed by atoms with Crippen molar-refractivity contribution in [1.29, 1.82) is 0 Å². The third-order valence-corrected chi connectivity index (χ3v) is 5.49. The quantitative estimate of drug-likeness (QED) is 0.573. The fourth-order valence-corrected chi connectivity index (χ4v) is 4.27. The maximum Gasteiger partial charge on any atom is 0.0644 e. The Labute approximate surface area is 156 Å².